The molecule has 2 aromatic rings. The van der Waals surface area contributed by atoms with Gasteiger partial charge in [-0.1, -0.05) is 0 Å². The van der Waals surface area contributed by atoms with Crippen LogP contribution in [0.3, 0.4) is 0 Å². The second-order valence-electron chi connectivity index (χ2n) is 5.48. The number of nitrogens with zero attached hydrogens (tertiary/aromatic N) is 4. The van der Waals surface area contributed by atoms with Crippen molar-refractivity contribution in [2.24, 2.45) is 0 Å². The quantitative estimate of drug-likeness (QED) is 0.881. The molecule has 1 amide bonds. The maximum atomic E-state index is 12.3. The molecule has 1 aliphatic rings. The molecule has 1 aliphatic heterocycles. The van der Waals surface area contributed by atoms with Crippen molar-refractivity contribution in [2.75, 3.05) is 27.3 Å². The van der Waals surface area contributed by atoms with E-state index in [0.29, 0.717) is 37.2 Å². The van der Waals surface area contributed by atoms with Gasteiger partial charge in [0.2, 0.25) is 5.88 Å². The van der Waals surface area contributed by atoms with Crippen LogP contribution in [0.2, 0.25) is 0 Å². The van der Waals surface area contributed by atoms with E-state index >= 15 is 0 Å². The number of likely N-dealkylation sites (tertiary alicyclic amines) is 1. The molecule has 1 saturated heterocycles. The van der Waals surface area contributed by atoms with Gasteiger partial charge in [-0.25, -0.2) is 9.97 Å². The van der Waals surface area contributed by atoms with Gasteiger partial charge >= 0.3 is 6.01 Å². The Kier molecular flexibility index (Phi) is 4.63. The summed E-state index contributed by atoms with van der Waals surface area (Å²) in [7, 11) is 2.95. The molecule has 9 heteroatoms. The first-order chi connectivity index (χ1) is 11.6. The molecule has 0 radical (unpaired) electrons. The summed E-state index contributed by atoms with van der Waals surface area (Å²) in [5, 5.41) is 12.7. The van der Waals surface area contributed by atoms with E-state index in [9.17, 15) is 9.90 Å². The minimum absolute atomic E-state index is 0.115. The summed E-state index contributed by atoms with van der Waals surface area (Å²) in [6, 6.07) is 0.176. The van der Waals surface area contributed by atoms with Crippen LogP contribution in [0.5, 0.6) is 11.9 Å². The fraction of sp³-hybridized carbons (Fsp3) is 0.467. The van der Waals surface area contributed by atoms with E-state index in [1.54, 1.807) is 15.8 Å². The van der Waals surface area contributed by atoms with Crippen molar-refractivity contribution in [3.8, 4) is 11.9 Å². The predicted molar refractivity (Wildman–Crippen MR) is 86.3 cm³/mol. The summed E-state index contributed by atoms with van der Waals surface area (Å²) < 4.78 is 10.2. The van der Waals surface area contributed by atoms with E-state index in [1.165, 1.54) is 31.8 Å². The van der Waals surface area contributed by atoms with Gasteiger partial charge in [-0.05, 0) is 12.8 Å². The maximum absolute atomic E-state index is 12.3. The average Bonchev–Trinajstić information content (AvgIpc) is 3.15. The zero-order valence-electron chi connectivity index (χ0n) is 13.4. The van der Waals surface area contributed by atoms with Gasteiger partial charge in [0, 0.05) is 24.7 Å². The molecule has 3 rings (SSSR count). The molecule has 1 fully saturated rings. The Bertz CT molecular complexity index is 714. The van der Waals surface area contributed by atoms with Crippen molar-refractivity contribution in [2.45, 2.75) is 18.4 Å². The van der Waals surface area contributed by atoms with Gasteiger partial charge in [0.25, 0.3) is 5.91 Å². The Morgan fingerprint density at radius 1 is 1.29 bits per heavy atom. The first kappa shape index (κ1) is 16.6. The Morgan fingerprint density at radius 2 is 2.04 bits per heavy atom. The van der Waals surface area contributed by atoms with Crippen LogP contribution in [-0.2, 0) is 5.60 Å². The molecular formula is C15H18N4O4S. The summed E-state index contributed by atoms with van der Waals surface area (Å²) in [5.41, 5.74) is 1.44. The Labute approximate surface area is 143 Å². The lowest BCUT2D eigenvalue weighted by molar-refractivity contribution is -0.0234. The molecule has 2 aromatic heterocycles. The predicted octanol–water partition coefficient (Wildman–Crippen LogP) is 1.07. The van der Waals surface area contributed by atoms with E-state index < -0.39 is 5.60 Å². The molecule has 24 heavy (non-hydrogen) atoms. The van der Waals surface area contributed by atoms with Gasteiger partial charge in [0.05, 0.1) is 30.9 Å². The zero-order chi connectivity index (χ0) is 17.2. The van der Waals surface area contributed by atoms with E-state index in [2.05, 4.69) is 15.0 Å². The third-order valence-corrected chi connectivity index (χ3v) is 4.72. The number of methoxy groups -OCH3 is 2. The van der Waals surface area contributed by atoms with Crippen molar-refractivity contribution >= 4 is 17.2 Å². The molecule has 0 unspecified atom stereocenters. The van der Waals surface area contributed by atoms with Crippen LogP contribution >= 0.6 is 11.3 Å². The van der Waals surface area contributed by atoms with E-state index in [-0.39, 0.29) is 17.8 Å². The maximum Gasteiger partial charge on any atom is 0.319 e. The Morgan fingerprint density at radius 3 is 2.62 bits per heavy atom. The van der Waals surface area contributed by atoms with Crippen molar-refractivity contribution in [3.63, 3.8) is 0 Å². The van der Waals surface area contributed by atoms with Crippen LogP contribution < -0.4 is 9.47 Å². The number of thiazole rings is 1. The van der Waals surface area contributed by atoms with Crippen molar-refractivity contribution in [1.29, 1.82) is 0 Å². The summed E-state index contributed by atoms with van der Waals surface area (Å²) in [6.45, 7) is 0.837. The highest BCUT2D eigenvalue weighted by Crippen LogP contribution is 2.37. The Hall–Kier alpha value is -2.26. The number of hydrogen-bond donors (Lipinski definition) is 1. The third-order valence-electron chi connectivity index (χ3n) is 4.14. The second-order valence-corrected chi connectivity index (χ2v) is 6.20. The number of piperidine rings is 1. The van der Waals surface area contributed by atoms with Gasteiger partial charge in [0.1, 0.15) is 5.69 Å². The first-order valence-corrected chi connectivity index (χ1v) is 8.37. The van der Waals surface area contributed by atoms with Crippen LogP contribution in [-0.4, -0.2) is 58.2 Å². The van der Waals surface area contributed by atoms with Crippen molar-refractivity contribution in [1.82, 2.24) is 19.9 Å². The summed E-state index contributed by atoms with van der Waals surface area (Å²) in [6.07, 6.45) is 2.26. The highest BCUT2D eigenvalue weighted by molar-refractivity contribution is 7.07. The molecule has 128 valence electrons. The zero-order valence-corrected chi connectivity index (χ0v) is 14.2. The fourth-order valence-electron chi connectivity index (χ4n) is 2.75. The van der Waals surface area contributed by atoms with Gasteiger partial charge in [0.15, 0.2) is 0 Å². The monoisotopic (exact) mass is 350 g/mol. The number of aromatic nitrogens is 3. The minimum Gasteiger partial charge on any atom is -0.481 e. The van der Waals surface area contributed by atoms with Crippen LogP contribution in [0, 0.1) is 0 Å². The summed E-state index contributed by atoms with van der Waals surface area (Å²) in [5.74, 6) is 0.167. The number of aliphatic hydroxyl groups is 1. The first-order valence-electron chi connectivity index (χ1n) is 7.43. The average molecular weight is 350 g/mol. The highest BCUT2D eigenvalue weighted by atomic mass is 32.1. The molecule has 0 atom stereocenters. The van der Waals surface area contributed by atoms with Crippen molar-refractivity contribution in [3.05, 3.63) is 28.3 Å². The Balaban J connectivity index is 1.76. The topological polar surface area (TPSA) is 97.7 Å². The van der Waals surface area contributed by atoms with E-state index in [4.69, 9.17) is 9.47 Å². The molecule has 0 bridgehead atoms. The van der Waals surface area contributed by atoms with E-state index in [1.807, 2.05) is 0 Å². The molecule has 0 aliphatic carbocycles. The summed E-state index contributed by atoms with van der Waals surface area (Å²) in [4.78, 5) is 26.3. The van der Waals surface area contributed by atoms with Crippen LogP contribution in [0.15, 0.2) is 17.1 Å². The lowest BCUT2D eigenvalue weighted by Gasteiger charge is -2.38. The van der Waals surface area contributed by atoms with Crippen LogP contribution in [0.1, 0.15) is 28.9 Å². The molecule has 1 N–H and O–H groups in total. The molecule has 0 saturated carbocycles. The largest absolute Gasteiger partial charge is 0.481 e. The molecule has 3 heterocycles. The molecule has 0 spiro atoms. The highest BCUT2D eigenvalue weighted by Gasteiger charge is 2.39. The minimum atomic E-state index is -1.14. The van der Waals surface area contributed by atoms with Crippen LogP contribution in [0.25, 0.3) is 0 Å². The number of carbonyl (C=O) groups excluding carboxylic acids is 1. The van der Waals surface area contributed by atoms with Gasteiger partial charge < -0.3 is 19.5 Å². The third kappa shape index (κ3) is 3.04. The number of ether oxygens (including phenoxy) is 2. The fourth-order valence-corrected chi connectivity index (χ4v) is 3.28. The lowest BCUT2D eigenvalue weighted by Crippen LogP contribution is -2.45. The number of hydrogen-bond acceptors (Lipinski definition) is 8. The molecule has 0 aromatic carbocycles. The normalized spacial score (nSPS) is 16.7. The summed E-state index contributed by atoms with van der Waals surface area (Å²) >= 11 is 1.38. The van der Waals surface area contributed by atoms with Crippen molar-refractivity contribution < 1.29 is 19.4 Å². The van der Waals surface area contributed by atoms with Crippen LogP contribution in [0.4, 0.5) is 0 Å². The lowest BCUT2D eigenvalue weighted by atomic mass is 9.85. The molecular weight excluding hydrogens is 332 g/mol. The van der Waals surface area contributed by atoms with E-state index in [0.717, 1.165) is 0 Å². The number of carbonyl (C=O) groups is 1. The standard InChI is InChI=1S/C15H18N4O4S/c1-22-12-10(7-16-14(18-12)23-2)15(21)3-5-19(6-4-15)13(20)11-8-24-9-17-11/h7-9,21H,3-6H2,1-2H3. The SMILES string of the molecule is COc1ncc(C2(O)CCN(C(=O)c3cscn3)CC2)c(OC)n1. The number of rotatable bonds is 4. The molecule has 8 nitrogen and oxygen atoms in total. The van der Waals surface area contributed by atoms with Gasteiger partial charge in [-0.3, -0.25) is 4.79 Å². The second kappa shape index (κ2) is 6.70. The van der Waals surface area contributed by atoms with Gasteiger partial charge in [-0.15, -0.1) is 11.3 Å². The smallest absolute Gasteiger partial charge is 0.319 e. The van der Waals surface area contributed by atoms with Gasteiger partial charge in [-0.2, -0.15) is 4.98 Å². The number of amides is 1.